The van der Waals surface area contributed by atoms with Gasteiger partial charge in [-0.15, -0.1) is 0 Å². The maximum Gasteiger partial charge on any atom is 0.239 e. The van der Waals surface area contributed by atoms with E-state index in [4.69, 9.17) is 5.41 Å². The van der Waals surface area contributed by atoms with Crippen LogP contribution in [0.15, 0.2) is 42.5 Å². The normalized spacial score (nSPS) is 25.3. The summed E-state index contributed by atoms with van der Waals surface area (Å²) in [7, 11) is 1.50. The fourth-order valence-electron chi connectivity index (χ4n) is 4.07. The second-order valence-corrected chi connectivity index (χ2v) is 7.95. The fraction of sp³-hybridized carbons (Fsp3) is 0.318. The molecule has 7 heteroatoms. The first-order chi connectivity index (χ1) is 13.7. The number of carbonyl (C=O) groups excluding carboxylic acids is 1. The molecular weight excluding hydrogens is 374 g/mol. The Labute approximate surface area is 167 Å². The van der Waals surface area contributed by atoms with Gasteiger partial charge in [0, 0.05) is 7.05 Å². The highest BCUT2D eigenvalue weighted by Crippen LogP contribution is 2.48. The van der Waals surface area contributed by atoms with Crippen LogP contribution in [-0.4, -0.2) is 23.8 Å². The monoisotopic (exact) mass is 394 g/mol. The number of guanidine groups is 1. The van der Waals surface area contributed by atoms with E-state index in [1.54, 1.807) is 19.1 Å². The van der Waals surface area contributed by atoms with Crippen LogP contribution < -0.4 is 5.32 Å². The molecule has 0 radical (unpaired) electrons. The van der Waals surface area contributed by atoms with Crippen LogP contribution >= 0.6 is 0 Å². The Hall–Kier alpha value is -3.27. The van der Waals surface area contributed by atoms with Crippen LogP contribution in [0.2, 0.25) is 0 Å². The second-order valence-electron chi connectivity index (χ2n) is 7.95. The van der Waals surface area contributed by atoms with E-state index >= 15 is 0 Å². The molecule has 2 aromatic rings. The minimum atomic E-state index is -1.15. The molecule has 0 unspecified atom stereocenters. The summed E-state index contributed by atoms with van der Waals surface area (Å²) < 4.78 is 27.4. The van der Waals surface area contributed by atoms with Crippen LogP contribution in [0.4, 0.5) is 8.78 Å². The highest BCUT2D eigenvalue weighted by Gasteiger charge is 2.49. The molecule has 148 valence electrons. The average Bonchev–Trinajstić information content (AvgIpc) is 3.50. The second kappa shape index (κ2) is 6.38. The first kappa shape index (κ1) is 19.1. The van der Waals surface area contributed by atoms with E-state index in [1.807, 2.05) is 12.1 Å². The number of nitriles is 1. The third-order valence-corrected chi connectivity index (χ3v) is 6.15. The van der Waals surface area contributed by atoms with Crippen LogP contribution in [0.1, 0.15) is 42.4 Å². The van der Waals surface area contributed by atoms with Gasteiger partial charge in [0.25, 0.3) is 0 Å². The number of hydrogen-bond acceptors (Lipinski definition) is 3. The van der Waals surface area contributed by atoms with Crippen molar-refractivity contribution in [1.29, 1.82) is 10.7 Å². The predicted molar refractivity (Wildman–Crippen MR) is 103 cm³/mol. The molecule has 0 spiro atoms. The van der Waals surface area contributed by atoms with Gasteiger partial charge in [-0.2, -0.15) is 5.26 Å². The Morgan fingerprint density at radius 1 is 1.14 bits per heavy atom. The molecule has 0 bridgehead atoms. The number of nitrogens with zero attached hydrogens (tertiary/aromatic N) is 2. The molecule has 1 aliphatic carbocycles. The largest absolute Gasteiger partial charge is 0.346 e. The Bertz CT molecular complexity index is 1060. The van der Waals surface area contributed by atoms with E-state index in [9.17, 15) is 18.8 Å². The van der Waals surface area contributed by atoms with Crippen molar-refractivity contribution in [3.8, 4) is 6.07 Å². The first-order valence-electron chi connectivity index (χ1n) is 9.33. The fourth-order valence-corrected chi connectivity index (χ4v) is 4.07. The van der Waals surface area contributed by atoms with Crippen molar-refractivity contribution in [3.63, 3.8) is 0 Å². The number of hydrogen-bond donors (Lipinski definition) is 2. The zero-order valence-corrected chi connectivity index (χ0v) is 16.1. The molecule has 2 aromatic carbocycles. The van der Waals surface area contributed by atoms with E-state index in [1.165, 1.54) is 18.0 Å². The SMILES string of the molecule is CN1C(=N)N[C@](C)(c2ccc(F)c(F)c2)[C@H](c2ccc(C3(C#N)CC3)cc2)C1=O. The summed E-state index contributed by atoms with van der Waals surface area (Å²) in [4.78, 5) is 14.4. The van der Waals surface area contributed by atoms with Crippen LogP contribution in [0.25, 0.3) is 0 Å². The Balaban J connectivity index is 1.80. The van der Waals surface area contributed by atoms with Crippen molar-refractivity contribution >= 4 is 11.9 Å². The molecule has 4 rings (SSSR count). The lowest BCUT2D eigenvalue weighted by Gasteiger charge is -2.46. The molecule has 1 heterocycles. The van der Waals surface area contributed by atoms with Crippen LogP contribution in [0.3, 0.4) is 0 Å². The molecule has 1 aliphatic heterocycles. The summed E-state index contributed by atoms with van der Waals surface area (Å²) >= 11 is 0. The summed E-state index contributed by atoms with van der Waals surface area (Å²) in [6, 6.07) is 13.2. The molecule has 1 saturated heterocycles. The van der Waals surface area contributed by atoms with E-state index in [0.717, 1.165) is 30.5 Å². The summed E-state index contributed by atoms with van der Waals surface area (Å²) in [6.45, 7) is 1.70. The number of rotatable bonds is 3. The maximum absolute atomic E-state index is 14.0. The van der Waals surface area contributed by atoms with E-state index in [2.05, 4.69) is 11.4 Å². The predicted octanol–water partition coefficient (Wildman–Crippen LogP) is 3.52. The zero-order chi connectivity index (χ0) is 21.0. The lowest BCUT2D eigenvalue weighted by Crippen LogP contribution is -2.62. The zero-order valence-electron chi connectivity index (χ0n) is 16.1. The van der Waals surface area contributed by atoms with Gasteiger partial charge in [0.2, 0.25) is 5.91 Å². The number of amides is 1. The number of carbonyl (C=O) groups is 1. The van der Waals surface area contributed by atoms with Gasteiger partial charge in [0.1, 0.15) is 0 Å². The van der Waals surface area contributed by atoms with Crippen LogP contribution in [-0.2, 0) is 15.7 Å². The van der Waals surface area contributed by atoms with Gasteiger partial charge in [-0.25, -0.2) is 8.78 Å². The van der Waals surface area contributed by atoms with E-state index < -0.39 is 28.5 Å². The van der Waals surface area contributed by atoms with Crippen molar-refractivity contribution in [2.45, 2.75) is 36.6 Å². The van der Waals surface area contributed by atoms with E-state index in [-0.39, 0.29) is 11.9 Å². The topological polar surface area (TPSA) is 80.0 Å². The molecule has 2 atom stereocenters. The molecule has 29 heavy (non-hydrogen) atoms. The highest BCUT2D eigenvalue weighted by molar-refractivity contribution is 6.02. The third kappa shape index (κ3) is 2.87. The molecule has 2 aliphatic rings. The summed E-state index contributed by atoms with van der Waals surface area (Å²) in [5.74, 6) is -3.19. The number of likely N-dealkylation sites (N-methyl/N-ethyl adjacent to an activating group) is 1. The van der Waals surface area contributed by atoms with Gasteiger partial charge < -0.3 is 5.32 Å². The van der Waals surface area contributed by atoms with Crippen molar-refractivity contribution in [2.24, 2.45) is 0 Å². The smallest absolute Gasteiger partial charge is 0.239 e. The molecule has 2 N–H and O–H groups in total. The highest BCUT2D eigenvalue weighted by atomic mass is 19.2. The van der Waals surface area contributed by atoms with Gasteiger partial charge in [0.15, 0.2) is 17.6 Å². The summed E-state index contributed by atoms with van der Waals surface area (Å²) in [5, 5.41) is 20.5. The molecule has 0 aromatic heterocycles. The lowest BCUT2D eigenvalue weighted by atomic mass is 9.73. The van der Waals surface area contributed by atoms with Crippen molar-refractivity contribution in [3.05, 3.63) is 70.8 Å². The number of nitrogens with one attached hydrogen (secondary N) is 2. The average molecular weight is 394 g/mol. The summed E-state index contributed by atoms with van der Waals surface area (Å²) in [5.41, 5.74) is 0.369. The Kier molecular flexibility index (Phi) is 4.19. The molecular formula is C22H20F2N4O. The van der Waals surface area contributed by atoms with Gasteiger partial charge >= 0.3 is 0 Å². The van der Waals surface area contributed by atoms with Crippen molar-refractivity contribution < 1.29 is 13.6 Å². The minimum Gasteiger partial charge on any atom is -0.346 e. The van der Waals surface area contributed by atoms with Gasteiger partial charge in [-0.1, -0.05) is 30.3 Å². The van der Waals surface area contributed by atoms with Gasteiger partial charge in [-0.05, 0) is 48.6 Å². The summed E-state index contributed by atoms with van der Waals surface area (Å²) in [6.07, 6.45) is 1.64. The number of benzene rings is 2. The standard InChI is InChI=1S/C22H20F2N4O/c1-21(15-7-8-16(23)17(24)11-15)18(19(29)28(2)20(26)27-21)13-3-5-14(6-4-13)22(12-25)9-10-22/h3-8,11,18H,9-10H2,1-2H3,(H2,26,27)/t18-,21-/m1/s1. The maximum atomic E-state index is 14.0. The molecule has 1 amide bonds. The lowest BCUT2D eigenvalue weighted by molar-refractivity contribution is -0.131. The third-order valence-electron chi connectivity index (χ3n) is 6.15. The van der Waals surface area contributed by atoms with Crippen molar-refractivity contribution in [1.82, 2.24) is 10.2 Å². The van der Waals surface area contributed by atoms with Crippen LogP contribution in [0.5, 0.6) is 0 Å². The Morgan fingerprint density at radius 3 is 2.31 bits per heavy atom. The van der Waals surface area contributed by atoms with Gasteiger partial charge in [-0.3, -0.25) is 15.1 Å². The first-order valence-corrected chi connectivity index (χ1v) is 9.33. The van der Waals surface area contributed by atoms with Crippen LogP contribution in [0, 0.1) is 28.4 Å². The molecule has 1 saturated carbocycles. The number of halogens is 2. The quantitative estimate of drug-likeness (QED) is 0.836. The van der Waals surface area contributed by atoms with Gasteiger partial charge in [0.05, 0.1) is 22.9 Å². The molecule has 2 fully saturated rings. The van der Waals surface area contributed by atoms with Crippen molar-refractivity contribution in [2.75, 3.05) is 7.05 Å². The molecule has 5 nitrogen and oxygen atoms in total. The minimum absolute atomic E-state index is 0.114. The van der Waals surface area contributed by atoms with E-state index in [0.29, 0.717) is 11.1 Å². The Morgan fingerprint density at radius 2 is 1.76 bits per heavy atom.